The largest absolute Gasteiger partial charge is 0.379 e. The summed E-state index contributed by atoms with van der Waals surface area (Å²) in [4.78, 5) is 2.31. The molecule has 1 fully saturated rings. The SMILES string of the molecule is Fc1cc(Br)ccc1CCN1CCOCC1. The summed E-state index contributed by atoms with van der Waals surface area (Å²) in [6.07, 6.45) is 0.763. The molecule has 0 saturated carbocycles. The van der Waals surface area contributed by atoms with E-state index in [1.807, 2.05) is 12.1 Å². The van der Waals surface area contributed by atoms with Crippen LogP contribution in [0.4, 0.5) is 4.39 Å². The molecule has 1 aliphatic rings. The number of hydrogen-bond donors (Lipinski definition) is 0. The van der Waals surface area contributed by atoms with Crippen molar-refractivity contribution in [1.29, 1.82) is 0 Å². The summed E-state index contributed by atoms with van der Waals surface area (Å²) < 4.78 is 19.6. The Labute approximate surface area is 104 Å². The van der Waals surface area contributed by atoms with E-state index in [0.29, 0.717) is 0 Å². The van der Waals surface area contributed by atoms with Crippen LogP contribution < -0.4 is 0 Å². The highest BCUT2D eigenvalue weighted by atomic mass is 79.9. The minimum atomic E-state index is -0.123. The van der Waals surface area contributed by atoms with Gasteiger partial charge in [-0.1, -0.05) is 22.0 Å². The van der Waals surface area contributed by atoms with Crippen molar-refractivity contribution in [1.82, 2.24) is 4.90 Å². The molecule has 0 atom stereocenters. The third kappa shape index (κ3) is 3.27. The zero-order chi connectivity index (χ0) is 11.4. The Hall–Kier alpha value is -0.450. The lowest BCUT2D eigenvalue weighted by Gasteiger charge is -2.26. The first-order chi connectivity index (χ1) is 7.75. The van der Waals surface area contributed by atoms with Crippen molar-refractivity contribution < 1.29 is 9.13 Å². The van der Waals surface area contributed by atoms with Gasteiger partial charge in [-0.2, -0.15) is 0 Å². The van der Waals surface area contributed by atoms with Gasteiger partial charge in [0.15, 0.2) is 0 Å². The van der Waals surface area contributed by atoms with Gasteiger partial charge < -0.3 is 4.74 Å². The summed E-state index contributed by atoms with van der Waals surface area (Å²) in [5.41, 5.74) is 0.787. The fraction of sp³-hybridized carbons (Fsp3) is 0.500. The standard InChI is InChI=1S/C12H15BrFNO/c13-11-2-1-10(12(14)9-11)3-4-15-5-7-16-8-6-15/h1-2,9H,3-8H2. The third-order valence-corrected chi connectivity index (χ3v) is 3.31. The van der Waals surface area contributed by atoms with Gasteiger partial charge in [0.1, 0.15) is 5.82 Å². The van der Waals surface area contributed by atoms with Crippen LogP contribution >= 0.6 is 15.9 Å². The number of rotatable bonds is 3. The highest BCUT2D eigenvalue weighted by Gasteiger charge is 2.11. The molecule has 1 aliphatic heterocycles. The highest BCUT2D eigenvalue weighted by Crippen LogP contribution is 2.16. The lowest BCUT2D eigenvalue weighted by atomic mass is 10.1. The number of halogens is 2. The van der Waals surface area contributed by atoms with Gasteiger partial charge in [0.25, 0.3) is 0 Å². The summed E-state index contributed by atoms with van der Waals surface area (Å²) in [5, 5.41) is 0. The smallest absolute Gasteiger partial charge is 0.127 e. The van der Waals surface area contributed by atoms with Crippen molar-refractivity contribution in [3.8, 4) is 0 Å². The van der Waals surface area contributed by atoms with Crippen molar-refractivity contribution in [2.75, 3.05) is 32.8 Å². The van der Waals surface area contributed by atoms with Crippen molar-refractivity contribution in [2.24, 2.45) is 0 Å². The van der Waals surface area contributed by atoms with E-state index in [4.69, 9.17) is 4.74 Å². The predicted molar refractivity (Wildman–Crippen MR) is 65.1 cm³/mol. The molecule has 2 nitrogen and oxygen atoms in total. The van der Waals surface area contributed by atoms with Gasteiger partial charge in [0.05, 0.1) is 13.2 Å². The molecule has 0 N–H and O–H groups in total. The normalized spacial score (nSPS) is 17.6. The van der Waals surface area contributed by atoms with E-state index in [1.54, 1.807) is 0 Å². The van der Waals surface area contributed by atoms with E-state index in [1.165, 1.54) is 6.07 Å². The van der Waals surface area contributed by atoms with Gasteiger partial charge in [-0.25, -0.2) is 4.39 Å². The molecule has 16 heavy (non-hydrogen) atoms. The van der Waals surface area contributed by atoms with Crippen molar-refractivity contribution >= 4 is 15.9 Å². The highest BCUT2D eigenvalue weighted by molar-refractivity contribution is 9.10. The number of ether oxygens (including phenoxy) is 1. The van der Waals surface area contributed by atoms with Crippen LogP contribution in [-0.2, 0) is 11.2 Å². The van der Waals surface area contributed by atoms with E-state index >= 15 is 0 Å². The molecule has 0 radical (unpaired) electrons. The minimum absolute atomic E-state index is 0.123. The molecule has 0 spiro atoms. The Balaban J connectivity index is 1.88. The zero-order valence-electron chi connectivity index (χ0n) is 9.09. The second-order valence-corrected chi connectivity index (χ2v) is 4.86. The first kappa shape index (κ1) is 12.0. The van der Waals surface area contributed by atoms with Crippen LogP contribution in [0.3, 0.4) is 0 Å². The average molecular weight is 288 g/mol. The Morgan fingerprint density at radius 2 is 2.06 bits per heavy atom. The van der Waals surface area contributed by atoms with Gasteiger partial charge in [0.2, 0.25) is 0 Å². The molecular formula is C12H15BrFNO. The van der Waals surface area contributed by atoms with E-state index in [-0.39, 0.29) is 5.82 Å². The number of benzene rings is 1. The molecular weight excluding hydrogens is 273 g/mol. The van der Waals surface area contributed by atoms with E-state index in [0.717, 1.165) is 49.3 Å². The molecule has 4 heteroatoms. The van der Waals surface area contributed by atoms with Crippen LogP contribution in [0, 0.1) is 5.82 Å². The molecule has 0 unspecified atom stereocenters. The number of morpholine rings is 1. The number of hydrogen-bond acceptors (Lipinski definition) is 2. The van der Waals surface area contributed by atoms with Gasteiger partial charge in [-0.15, -0.1) is 0 Å². The summed E-state index contributed by atoms with van der Waals surface area (Å²) >= 11 is 3.26. The molecule has 0 aliphatic carbocycles. The van der Waals surface area contributed by atoms with Crippen LogP contribution in [0.5, 0.6) is 0 Å². The Kier molecular flexibility index (Phi) is 4.32. The van der Waals surface area contributed by atoms with E-state index in [2.05, 4.69) is 20.8 Å². The fourth-order valence-corrected chi connectivity index (χ4v) is 2.16. The molecule has 2 rings (SSSR count). The monoisotopic (exact) mass is 287 g/mol. The Morgan fingerprint density at radius 3 is 2.75 bits per heavy atom. The van der Waals surface area contributed by atoms with Crippen LogP contribution in [0.1, 0.15) is 5.56 Å². The summed E-state index contributed by atoms with van der Waals surface area (Å²) in [7, 11) is 0. The van der Waals surface area contributed by atoms with Crippen molar-refractivity contribution in [3.63, 3.8) is 0 Å². The summed E-state index contributed by atoms with van der Waals surface area (Å²) in [6.45, 7) is 4.41. The maximum absolute atomic E-state index is 13.5. The van der Waals surface area contributed by atoms with Crippen LogP contribution in [0.15, 0.2) is 22.7 Å². The molecule has 0 bridgehead atoms. The zero-order valence-corrected chi connectivity index (χ0v) is 10.7. The second-order valence-electron chi connectivity index (χ2n) is 3.94. The van der Waals surface area contributed by atoms with Crippen LogP contribution in [0.2, 0.25) is 0 Å². The molecule has 1 aromatic carbocycles. The maximum atomic E-state index is 13.5. The van der Waals surface area contributed by atoms with Gasteiger partial charge in [-0.05, 0) is 24.1 Å². The Morgan fingerprint density at radius 1 is 1.31 bits per heavy atom. The lowest BCUT2D eigenvalue weighted by molar-refractivity contribution is 0.0383. The molecule has 0 aromatic heterocycles. The molecule has 1 heterocycles. The van der Waals surface area contributed by atoms with Crippen LogP contribution in [0.25, 0.3) is 0 Å². The van der Waals surface area contributed by atoms with E-state index in [9.17, 15) is 4.39 Å². The molecule has 88 valence electrons. The van der Waals surface area contributed by atoms with Crippen molar-refractivity contribution in [2.45, 2.75) is 6.42 Å². The Bertz CT molecular complexity index is 353. The second kappa shape index (κ2) is 5.75. The quantitative estimate of drug-likeness (QED) is 0.847. The first-order valence-corrected chi connectivity index (χ1v) is 6.29. The van der Waals surface area contributed by atoms with Gasteiger partial charge in [-0.3, -0.25) is 4.90 Å². The molecule has 1 aromatic rings. The van der Waals surface area contributed by atoms with Crippen molar-refractivity contribution in [3.05, 3.63) is 34.1 Å². The minimum Gasteiger partial charge on any atom is -0.379 e. The van der Waals surface area contributed by atoms with Gasteiger partial charge >= 0.3 is 0 Å². The molecule has 0 amide bonds. The van der Waals surface area contributed by atoms with Crippen LogP contribution in [-0.4, -0.2) is 37.7 Å². The predicted octanol–water partition coefficient (Wildman–Crippen LogP) is 2.46. The summed E-state index contributed by atoms with van der Waals surface area (Å²) in [5.74, 6) is -0.123. The van der Waals surface area contributed by atoms with Gasteiger partial charge in [0, 0.05) is 24.1 Å². The summed E-state index contributed by atoms with van der Waals surface area (Å²) in [6, 6.07) is 5.26. The topological polar surface area (TPSA) is 12.5 Å². The molecule has 1 saturated heterocycles. The average Bonchev–Trinajstić information content (AvgIpc) is 2.29. The number of nitrogens with zero attached hydrogens (tertiary/aromatic N) is 1. The first-order valence-electron chi connectivity index (χ1n) is 5.50. The maximum Gasteiger partial charge on any atom is 0.127 e. The third-order valence-electron chi connectivity index (χ3n) is 2.82. The van der Waals surface area contributed by atoms with E-state index < -0.39 is 0 Å². The lowest BCUT2D eigenvalue weighted by Crippen LogP contribution is -2.37. The fourth-order valence-electron chi connectivity index (χ4n) is 1.83.